The SMILES string of the molecule is CCNS(=O)(=O)[C@@H]1CCOC[C@@H]1Cc1ccccc1C#N. The van der Waals surface area contributed by atoms with Gasteiger partial charge in [-0.05, 0) is 24.5 Å². The monoisotopic (exact) mass is 308 g/mol. The quantitative estimate of drug-likeness (QED) is 0.893. The predicted molar refractivity (Wildman–Crippen MR) is 80.2 cm³/mol. The van der Waals surface area contributed by atoms with Crippen molar-refractivity contribution in [1.29, 1.82) is 5.26 Å². The molecule has 2 atom stereocenters. The summed E-state index contributed by atoms with van der Waals surface area (Å²) in [5.41, 5.74) is 1.48. The summed E-state index contributed by atoms with van der Waals surface area (Å²) in [4.78, 5) is 0. The van der Waals surface area contributed by atoms with E-state index in [1.807, 2.05) is 18.2 Å². The lowest BCUT2D eigenvalue weighted by Gasteiger charge is -2.31. The maximum atomic E-state index is 12.3. The van der Waals surface area contributed by atoms with Crippen LogP contribution in [0.5, 0.6) is 0 Å². The smallest absolute Gasteiger partial charge is 0.214 e. The van der Waals surface area contributed by atoms with Crippen LogP contribution in [0.4, 0.5) is 0 Å². The van der Waals surface area contributed by atoms with Gasteiger partial charge >= 0.3 is 0 Å². The zero-order valence-electron chi connectivity index (χ0n) is 12.1. The molecule has 1 aliphatic heterocycles. The normalized spacial score (nSPS) is 22.7. The molecule has 1 fully saturated rings. The first kappa shape index (κ1) is 16.0. The van der Waals surface area contributed by atoms with Crippen LogP contribution in [-0.4, -0.2) is 33.4 Å². The molecule has 1 aromatic rings. The zero-order valence-corrected chi connectivity index (χ0v) is 12.9. The van der Waals surface area contributed by atoms with E-state index in [0.717, 1.165) is 5.56 Å². The van der Waals surface area contributed by atoms with E-state index in [9.17, 15) is 8.42 Å². The van der Waals surface area contributed by atoms with Crippen molar-refractivity contribution >= 4 is 10.0 Å². The summed E-state index contributed by atoms with van der Waals surface area (Å²) in [5.74, 6) is -0.128. The molecule has 21 heavy (non-hydrogen) atoms. The van der Waals surface area contributed by atoms with Crippen molar-refractivity contribution in [2.24, 2.45) is 5.92 Å². The van der Waals surface area contributed by atoms with Gasteiger partial charge in [-0.1, -0.05) is 25.1 Å². The van der Waals surface area contributed by atoms with Gasteiger partial charge in [-0.15, -0.1) is 0 Å². The van der Waals surface area contributed by atoms with Gasteiger partial charge in [0.2, 0.25) is 10.0 Å². The number of sulfonamides is 1. The topological polar surface area (TPSA) is 79.2 Å². The Morgan fingerprint density at radius 3 is 2.90 bits per heavy atom. The second kappa shape index (κ2) is 7.03. The number of rotatable bonds is 5. The first-order valence-electron chi connectivity index (χ1n) is 7.12. The molecule has 114 valence electrons. The second-order valence-electron chi connectivity index (χ2n) is 5.18. The average molecular weight is 308 g/mol. The highest BCUT2D eigenvalue weighted by Crippen LogP contribution is 2.26. The standard InChI is InChI=1S/C15H20N2O3S/c1-2-17-21(18,19)15-7-8-20-11-14(15)9-12-5-3-4-6-13(12)10-16/h3-6,14-15,17H,2,7-9,11H2,1H3/t14-,15+/m0/s1. The Balaban J connectivity index is 2.22. The highest BCUT2D eigenvalue weighted by atomic mass is 32.2. The van der Waals surface area contributed by atoms with Crippen LogP contribution in [0.25, 0.3) is 0 Å². The van der Waals surface area contributed by atoms with Gasteiger partial charge in [-0.2, -0.15) is 5.26 Å². The summed E-state index contributed by atoms with van der Waals surface area (Å²) in [7, 11) is -3.34. The molecule has 0 radical (unpaired) electrons. The molecule has 1 aromatic carbocycles. The largest absolute Gasteiger partial charge is 0.381 e. The van der Waals surface area contributed by atoms with Crippen molar-refractivity contribution < 1.29 is 13.2 Å². The minimum Gasteiger partial charge on any atom is -0.381 e. The van der Waals surface area contributed by atoms with Crippen LogP contribution in [0.15, 0.2) is 24.3 Å². The predicted octanol–water partition coefficient (Wildman–Crippen LogP) is 1.45. The highest BCUT2D eigenvalue weighted by Gasteiger charge is 2.35. The summed E-state index contributed by atoms with van der Waals surface area (Å²) >= 11 is 0. The molecular weight excluding hydrogens is 288 g/mol. The lowest BCUT2D eigenvalue weighted by atomic mass is 9.91. The van der Waals surface area contributed by atoms with Gasteiger partial charge in [0.05, 0.1) is 23.5 Å². The first-order chi connectivity index (χ1) is 10.1. The molecule has 5 nitrogen and oxygen atoms in total. The molecule has 0 bridgehead atoms. The fourth-order valence-corrected chi connectivity index (χ4v) is 4.48. The summed E-state index contributed by atoms with van der Waals surface area (Å²) in [5, 5.41) is 8.69. The molecule has 6 heteroatoms. The summed E-state index contributed by atoms with van der Waals surface area (Å²) < 4.78 is 32.7. The molecule has 0 aliphatic carbocycles. The third kappa shape index (κ3) is 3.82. The number of hydrogen-bond acceptors (Lipinski definition) is 4. The maximum absolute atomic E-state index is 12.3. The number of nitrogens with one attached hydrogen (secondary N) is 1. The van der Waals surface area contributed by atoms with E-state index < -0.39 is 15.3 Å². The zero-order chi connectivity index (χ0) is 15.3. The first-order valence-corrected chi connectivity index (χ1v) is 8.67. The second-order valence-corrected chi connectivity index (χ2v) is 7.16. The Kier molecular flexibility index (Phi) is 5.34. The van der Waals surface area contributed by atoms with Gasteiger partial charge in [0.1, 0.15) is 0 Å². The van der Waals surface area contributed by atoms with E-state index in [1.54, 1.807) is 13.0 Å². The van der Waals surface area contributed by atoms with Crippen LogP contribution < -0.4 is 4.72 Å². The van der Waals surface area contributed by atoms with Crippen LogP contribution in [0, 0.1) is 17.2 Å². The molecule has 0 aromatic heterocycles. The van der Waals surface area contributed by atoms with E-state index in [0.29, 0.717) is 38.2 Å². The molecule has 1 N–H and O–H groups in total. The van der Waals surface area contributed by atoms with Crippen molar-refractivity contribution in [3.05, 3.63) is 35.4 Å². The van der Waals surface area contributed by atoms with Gasteiger partial charge in [0.25, 0.3) is 0 Å². The Hall–Kier alpha value is -1.42. The number of ether oxygens (including phenoxy) is 1. The molecule has 1 aliphatic rings. The van der Waals surface area contributed by atoms with Gasteiger partial charge in [-0.3, -0.25) is 0 Å². The fraction of sp³-hybridized carbons (Fsp3) is 0.533. The highest BCUT2D eigenvalue weighted by molar-refractivity contribution is 7.90. The summed E-state index contributed by atoms with van der Waals surface area (Å²) in [6, 6.07) is 9.47. The van der Waals surface area contributed by atoms with E-state index in [-0.39, 0.29) is 5.92 Å². The minimum absolute atomic E-state index is 0.128. The molecule has 0 saturated carbocycles. The van der Waals surface area contributed by atoms with Gasteiger partial charge < -0.3 is 4.74 Å². The van der Waals surface area contributed by atoms with E-state index in [2.05, 4.69) is 10.8 Å². The van der Waals surface area contributed by atoms with Crippen LogP contribution in [0.2, 0.25) is 0 Å². The van der Waals surface area contributed by atoms with Crippen LogP contribution in [0.3, 0.4) is 0 Å². The van der Waals surface area contributed by atoms with Gasteiger partial charge in [-0.25, -0.2) is 13.1 Å². The molecule has 1 heterocycles. The Morgan fingerprint density at radius 1 is 1.43 bits per heavy atom. The molecular formula is C15H20N2O3S. The molecule has 2 rings (SSSR count). The fourth-order valence-electron chi connectivity index (χ4n) is 2.77. The van der Waals surface area contributed by atoms with Crippen LogP contribution in [-0.2, 0) is 21.2 Å². The van der Waals surface area contributed by atoms with E-state index in [4.69, 9.17) is 10.00 Å². The number of hydrogen-bond donors (Lipinski definition) is 1. The Morgan fingerprint density at radius 2 is 2.19 bits per heavy atom. The average Bonchev–Trinajstić information content (AvgIpc) is 2.48. The van der Waals surface area contributed by atoms with E-state index in [1.165, 1.54) is 0 Å². The minimum atomic E-state index is -3.34. The van der Waals surface area contributed by atoms with Crippen molar-refractivity contribution in [3.8, 4) is 6.07 Å². The summed E-state index contributed by atoms with van der Waals surface area (Å²) in [6.07, 6.45) is 1.04. The summed E-state index contributed by atoms with van der Waals surface area (Å²) in [6.45, 7) is 3.04. The van der Waals surface area contributed by atoms with Gasteiger partial charge in [0.15, 0.2) is 0 Å². The number of nitriles is 1. The molecule has 0 unspecified atom stereocenters. The van der Waals surface area contributed by atoms with E-state index >= 15 is 0 Å². The van der Waals surface area contributed by atoms with Crippen molar-refractivity contribution in [3.63, 3.8) is 0 Å². The lowest BCUT2D eigenvalue weighted by molar-refractivity contribution is 0.0570. The third-order valence-corrected chi connectivity index (χ3v) is 5.88. The van der Waals surface area contributed by atoms with Crippen molar-refractivity contribution in [2.45, 2.75) is 25.0 Å². The van der Waals surface area contributed by atoms with Gasteiger partial charge in [0, 0.05) is 19.1 Å². The van der Waals surface area contributed by atoms with Crippen LogP contribution in [0.1, 0.15) is 24.5 Å². The molecule has 1 saturated heterocycles. The molecule has 0 spiro atoms. The number of benzene rings is 1. The molecule has 0 amide bonds. The lowest BCUT2D eigenvalue weighted by Crippen LogP contribution is -2.44. The van der Waals surface area contributed by atoms with Crippen molar-refractivity contribution in [2.75, 3.05) is 19.8 Å². The van der Waals surface area contributed by atoms with Crippen LogP contribution >= 0.6 is 0 Å². The van der Waals surface area contributed by atoms with Crippen molar-refractivity contribution in [1.82, 2.24) is 4.72 Å². The number of nitrogens with zero attached hydrogens (tertiary/aromatic N) is 1. The third-order valence-electron chi connectivity index (χ3n) is 3.77. The Bertz CT molecular complexity index is 622. The maximum Gasteiger partial charge on any atom is 0.214 e. The Labute approximate surface area is 126 Å².